The maximum Gasteiger partial charge on any atom is 0.0739 e. The molecular formula is C22H28ClN3O. The molecule has 1 aliphatic carbocycles. The molecule has 1 saturated heterocycles. The first-order chi connectivity index (χ1) is 13.1. The second kappa shape index (κ2) is 7.80. The van der Waals surface area contributed by atoms with Gasteiger partial charge in [0.05, 0.1) is 6.10 Å². The molecule has 144 valence electrons. The summed E-state index contributed by atoms with van der Waals surface area (Å²) in [5.74, 6) is 0. The number of aryl methyl sites for hydroxylation is 1. The summed E-state index contributed by atoms with van der Waals surface area (Å²) < 4.78 is 0. The van der Waals surface area contributed by atoms with E-state index in [4.69, 9.17) is 17.3 Å². The molecule has 1 fully saturated rings. The fourth-order valence-corrected chi connectivity index (χ4v) is 4.84. The fraction of sp³-hybridized carbons (Fsp3) is 0.455. The van der Waals surface area contributed by atoms with Gasteiger partial charge >= 0.3 is 0 Å². The molecule has 0 radical (unpaired) electrons. The van der Waals surface area contributed by atoms with Gasteiger partial charge < -0.3 is 15.7 Å². The summed E-state index contributed by atoms with van der Waals surface area (Å²) >= 11 is 6.12. The van der Waals surface area contributed by atoms with E-state index in [0.29, 0.717) is 6.54 Å². The van der Waals surface area contributed by atoms with Crippen LogP contribution in [0.2, 0.25) is 5.02 Å². The van der Waals surface area contributed by atoms with Crippen LogP contribution in [0.25, 0.3) is 0 Å². The molecule has 2 aromatic carbocycles. The summed E-state index contributed by atoms with van der Waals surface area (Å²) in [6.07, 6.45) is 1.41. The number of fused-ring (bicyclic) bond motifs is 1. The average Bonchev–Trinajstić information content (AvgIpc) is 2.68. The Morgan fingerprint density at radius 3 is 2.63 bits per heavy atom. The third-order valence-electron chi connectivity index (χ3n) is 6.18. The summed E-state index contributed by atoms with van der Waals surface area (Å²) in [6.45, 7) is 6.47. The van der Waals surface area contributed by atoms with E-state index in [9.17, 15) is 5.11 Å². The van der Waals surface area contributed by atoms with E-state index in [1.807, 2.05) is 12.1 Å². The number of aliphatic hydroxyl groups excluding tert-OH is 1. The summed E-state index contributed by atoms with van der Waals surface area (Å²) in [5.41, 5.74) is 12.3. The molecule has 0 amide bonds. The zero-order valence-electron chi connectivity index (χ0n) is 15.9. The van der Waals surface area contributed by atoms with Crippen molar-refractivity contribution < 1.29 is 5.11 Å². The van der Waals surface area contributed by atoms with Crippen molar-refractivity contribution in [1.82, 2.24) is 4.90 Å². The molecule has 2 atom stereocenters. The highest BCUT2D eigenvalue weighted by Gasteiger charge is 2.34. The first-order valence-corrected chi connectivity index (χ1v) is 10.2. The van der Waals surface area contributed by atoms with Gasteiger partial charge in [-0.2, -0.15) is 0 Å². The molecule has 2 unspecified atom stereocenters. The number of piperazine rings is 1. The van der Waals surface area contributed by atoms with Gasteiger partial charge in [0.2, 0.25) is 0 Å². The lowest BCUT2D eigenvalue weighted by Gasteiger charge is -2.44. The Morgan fingerprint density at radius 1 is 1.11 bits per heavy atom. The van der Waals surface area contributed by atoms with E-state index < -0.39 is 0 Å². The van der Waals surface area contributed by atoms with Gasteiger partial charge in [-0.25, -0.2) is 0 Å². The van der Waals surface area contributed by atoms with Crippen LogP contribution in [0.5, 0.6) is 0 Å². The van der Waals surface area contributed by atoms with Crippen LogP contribution in [0, 0.1) is 6.92 Å². The molecule has 3 N–H and O–H groups in total. The number of nitrogens with two attached hydrogens (primary N) is 1. The van der Waals surface area contributed by atoms with Crippen molar-refractivity contribution in [3.63, 3.8) is 0 Å². The Morgan fingerprint density at radius 2 is 1.89 bits per heavy atom. The third-order valence-corrected chi connectivity index (χ3v) is 6.41. The standard InChI is InChI=1S/C22H28ClN3O/c1-15-3-2-4-16-12-22(27)21(13-19(15)16)26-9-7-25(8-10-26)20-6-5-18(23)11-17(20)14-24/h2-6,11,21-22,27H,7-10,12-14,24H2,1H3. The van der Waals surface area contributed by atoms with Gasteiger partial charge in [-0.3, -0.25) is 4.90 Å². The molecule has 27 heavy (non-hydrogen) atoms. The Hall–Kier alpha value is -1.59. The van der Waals surface area contributed by atoms with Crippen molar-refractivity contribution in [3.8, 4) is 0 Å². The minimum atomic E-state index is -0.291. The lowest BCUT2D eigenvalue weighted by molar-refractivity contribution is 0.0394. The van der Waals surface area contributed by atoms with E-state index in [-0.39, 0.29) is 12.1 Å². The number of rotatable bonds is 3. The van der Waals surface area contributed by atoms with Crippen molar-refractivity contribution in [3.05, 3.63) is 63.7 Å². The number of halogens is 1. The molecule has 0 saturated carbocycles. The summed E-state index contributed by atoms with van der Waals surface area (Å²) in [4.78, 5) is 4.86. The number of anilines is 1. The van der Waals surface area contributed by atoms with Crippen LogP contribution in [-0.4, -0.2) is 48.3 Å². The minimum absolute atomic E-state index is 0.208. The fourth-order valence-electron chi connectivity index (χ4n) is 4.65. The normalized spacial score (nSPS) is 23.3. The molecule has 5 heteroatoms. The van der Waals surface area contributed by atoms with Crippen molar-refractivity contribution in [2.45, 2.75) is 38.5 Å². The largest absolute Gasteiger partial charge is 0.391 e. The maximum absolute atomic E-state index is 10.8. The van der Waals surface area contributed by atoms with E-state index >= 15 is 0 Å². The monoisotopic (exact) mass is 385 g/mol. The highest BCUT2D eigenvalue weighted by atomic mass is 35.5. The van der Waals surface area contributed by atoms with Crippen molar-refractivity contribution in [2.75, 3.05) is 31.1 Å². The maximum atomic E-state index is 10.8. The Balaban J connectivity index is 1.46. The summed E-state index contributed by atoms with van der Waals surface area (Å²) in [5, 5.41) is 11.5. The van der Waals surface area contributed by atoms with Gasteiger partial charge in [0.1, 0.15) is 0 Å². The van der Waals surface area contributed by atoms with Gasteiger partial charge in [-0.1, -0.05) is 29.8 Å². The van der Waals surface area contributed by atoms with Crippen LogP contribution in [0.4, 0.5) is 5.69 Å². The van der Waals surface area contributed by atoms with E-state index in [0.717, 1.165) is 49.6 Å². The molecule has 2 aliphatic rings. The zero-order valence-corrected chi connectivity index (χ0v) is 16.6. The lowest BCUT2D eigenvalue weighted by Crippen LogP contribution is -2.56. The number of benzene rings is 2. The van der Waals surface area contributed by atoms with Crippen molar-refractivity contribution >= 4 is 17.3 Å². The Bertz CT molecular complexity index is 817. The van der Waals surface area contributed by atoms with Gasteiger partial charge in [0.25, 0.3) is 0 Å². The van der Waals surface area contributed by atoms with Gasteiger partial charge in [-0.15, -0.1) is 0 Å². The minimum Gasteiger partial charge on any atom is -0.391 e. The number of hydrogen-bond acceptors (Lipinski definition) is 4. The lowest BCUT2D eigenvalue weighted by atomic mass is 9.83. The van der Waals surface area contributed by atoms with Crippen LogP contribution in [0.1, 0.15) is 22.3 Å². The van der Waals surface area contributed by atoms with E-state index in [1.165, 1.54) is 22.4 Å². The highest BCUT2D eigenvalue weighted by Crippen LogP contribution is 2.30. The average molecular weight is 386 g/mol. The van der Waals surface area contributed by atoms with Crippen molar-refractivity contribution in [1.29, 1.82) is 0 Å². The number of nitrogens with zero attached hydrogens (tertiary/aromatic N) is 2. The quantitative estimate of drug-likeness (QED) is 0.853. The van der Waals surface area contributed by atoms with Crippen LogP contribution < -0.4 is 10.6 Å². The van der Waals surface area contributed by atoms with Crippen LogP contribution >= 0.6 is 11.6 Å². The second-order valence-electron chi connectivity index (χ2n) is 7.76. The van der Waals surface area contributed by atoms with Gasteiger partial charge in [0, 0.05) is 55.9 Å². The predicted octanol–water partition coefficient (Wildman–Crippen LogP) is 2.76. The molecule has 4 nitrogen and oxygen atoms in total. The Kier molecular flexibility index (Phi) is 5.42. The first-order valence-electron chi connectivity index (χ1n) is 9.79. The van der Waals surface area contributed by atoms with Crippen LogP contribution in [-0.2, 0) is 19.4 Å². The van der Waals surface area contributed by atoms with Crippen LogP contribution in [0.3, 0.4) is 0 Å². The number of aliphatic hydroxyl groups is 1. The molecule has 1 aliphatic heterocycles. The smallest absolute Gasteiger partial charge is 0.0739 e. The second-order valence-corrected chi connectivity index (χ2v) is 8.19. The molecule has 1 heterocycles. The molecular weight excluding hydrogens is 358 g/mol. The van der Waals surface area contributed by atoms with E-state index in [2.05, 4.69) is 41.0 Å². The summed E-state index contributed by atoms with van der Waals surface area (Å²) in [6, 6.07) is 12.6. The zero-order chi connectivity index (χ0) is 19.0. The highest BCUT2D eigenvalue weighted by molar-refractivity contribution is 6.30. The van der Waals surface area contributed by atoms with Crippen LogP contribution in [0.15, 0.2) is 36.4 Å². The topological polar surface area (TPSA) is 52.7 Å². The number of hydrogen-bond donors (Lipinski definition) is 2. The third kappa shape index (κ3) is 3.72. The molecule has 0 aromatic heterocycles. The first kappa shape index (κ1) is 18.8. The van der Waals surface area contributed by atoms with Gasteiger partial charge in [-0.05, 0) is 53.8 Å². The molecule has 2 aromatic rings. The van der Waals surface area contributed by atoms with Gasteiger partial charge in [0.15, 0.2) is 0 Å². The summed E-state index contributed by atoms with van der Waals surface area (Å²) in [7, 11) is 0. The van der Waals surface area contributed by atoms with Crippen molar-refractivity contribution in [2.24, 2.45) is 5.73 Å². The Labute approximate surface area is 166 Å². The predicted molar refractivity (Wildman–Crippen MR) is 112 cm³/mol. The molecule has 0 bridgehead atoms. The molecule has 4 rings (SSSR count). The SMILES string of the molecule is Cc1cccc2c1CC(N1CCN(c3ccc(Cl)cc3CN)CC1)C(O)C2. The molecule has 0 spiro atoms. The van der Waals surface area contributed by atoms with E-state index in [1.54, 1.807) is 0 Å².